The van der Waals surface area contributed by atoms with E-state index < -0.39 is 11.6 Å². The van der Waals surface area contributed by atoms with E-state index in [1.54, 1.807) is 12.1 Å². The van der Waals surface area contributed by atoms with Crippen LogP contribution in [0, 0.1) is 17.5 Å². The second-order valence-corrected chi connectivity index (χ2v) is 5.43. The third-order valence-corrected chi connectivity index (χ3v) is 4.13. The minimum Gasteiger partial charge on any atom is -0.316 e. The lowest BCUT2D eigenvalue weighted by atomic mass is 9.77. The lowest BCUT2D eigenvalue weighted by Crippen LogP contribution is -2.34. The fraction of sp³-hybridized carbons (Fsp3) is 0.294. The van der Waals surface area contributed by atoms with Gasteiger partial charge in [0.05, 0.1) is 0 Å². The van der Waals surface area contributed by atoms with Gasteiger partial charge in [-0.1, -0.05) is 18.2 Å². The zero-order valence-corrected chi connectivity index (χ0v) is 11.5. The van der Waals surface area contributed by atoms with Crippen LogP contribution in [-0.4, -0.2) is 13.1 Å². The van der Waals surface area contributed by atoms with Gasteiger partial charge in [-0.15, -0.1) is 0 Å². The molecule has 2 atom stereocenters. The molecule has 4 heteroatoms. The molecule has 110 valence electrons. The van der Waals surface area contributed by atoms with Crippen LogP contribution in [0.1, 0.15) is 29.4 Å². The van der Waals surface area contributed by atoms with Crippen molar-refractivity contribution in [2.75, 3.05) is 13.1 Å². The van der Waals surface area contributed by atoms with Gasteiger partial charge in [0.15, 0.2) is 11.6 Å². The van der Waals surface area contributed by atoms with Crippen molar-refractivity contribution in [3.8, 4) is 0 Å². The predicted molar refractivity (Wildman–Crippen MR) is 75.7 cm³/mol. The third kappa shape index (κ3) is 2.95. The van der Waals surface area contributed by atoms with Crippen LogP contribution >= 0.6 is 0 Å². The molecule has 0 aliphatic carbocycles. The summed E-state index contributed by atoms with van der Waals surface area (Å²) in [4.78, 5) is 0. The van der Waals surface area contributed by atoms with E-state index in [-0.39, 0.29) is 17.7 Å². The Morgan fingerprint density at radius 1 is 0.857 bits per heavy atom. The molecule has 2 aromatic rings. The van der Waals surface area contributed by atoms with Crippen LogP contribution in [0.5, 0.6) is 0 Å². The van der Waals surface area contributed by atoms with Crippen molar-refractivity contribution in [2.24, 2.45) is 0 Å². The van der Waals surface area contributed by atoms with Crippen molar-refractivity contribution in [2.45, 2.75) is 18.3 Å². The second-order valence-electron chi connectivity index (χ2n) is 5.43. The van der Waals surface area contributed by atoms with Gasteiger partial charge in [-0.05, 0) is 54.3 Å². The number of piperidine rings is 1. The first kappa shape index (κ1) is 14.1. The summed E-state index contributed by atoms with van der Waals surface area (Å²) in [6.45, 7) is 1.52. The first-order valence-corrected chi connectivity index (χ1v) is 7.06. The van der Waals surface area contributed by atoms with Gasteiger partial charge in [0, 0.05) is 12.5 Å². The van der Waals surface area contributed by atoms with Gasteiger partial charge in [0.25, 0.3) is 0 Å². The zero-order chi connectivity index (χ0) is 14.8. The average molecular weight is 291 g/mol. The van der Waals surface area contributed by atoms with Crippen molar-refractivity contribution >= 4 is 0 Å². The van der Waals surface area contributed by atoms with Crippen LogP contribution in [0.15, 0.2) is 42.5 Å². The van der Waals surface area contributed by atoms with Crippen molar-refractivity contribution in [1.82, 2.24) is 5.32 Å². The fourth-order valence-corrected chi connectivity index (χ4v) is 3.09. The molecular weight excluding hydrogens is 275 g/mol. The molecular formula is C17H16F3N. The largest absolute Gasteiger partial charge is 0.316 e. The summed E-state index contributed by atoms with van der Waals surface area (Å²) >= 11 is 0. The van der Waals surface area contributed by atoms with Crippen LogP contribution in [-0.2, 0) is 0 Å². The van der Waals surface area contributed by atoms with Crippen LogP contribution < -0.4 is 5.32 Å². The van der Waals surface area contributed by atoms with Crippen LogP contribution in [0.2, 0.25) is 0 Å². The smallest absolute Gasteiger partial charge is 0.159 e. The summed E-state index contributed by atoms with van der Waals surface area (Å²) < 4.78 is 40.0. The Hall–Kier alpha value is -1.81. The Morgan fingerprint density at radius 2 is 1.67 bits per heavy atom. The molecule has 3 rings (SSSR count). The van der Waals surface area contributed by atoms with E-state index in [1.807, 2.05) is 6.07 Å². The molecule has 21 heavy (non-hydrogen) atoms. The first-order chi connectivity index (χ1) is 10.1. The number of nitrogens with one attached hydrogen (secondary N) is 1. The summed E-state index contributed by atoms with van der Waals surface area (Å²) in [5, 5.41) is 3.29. The van der Waals surface area contributed by atoms with Crippen molar-refractivity contribution < 1.29 is 13.2 Å². The molecule has 1 heterocycles. The van der Waals surface area contributed by atoms with Crippen molar-refractivity contribution in [1.29, 1.82) is 0 Å². The van der Waals surface area contributed by atoms with Gasteiger partial charge in [0.1, 0.15) is 5.82 Å². The van der Waals surface area contributed by atoms with E-state index in [1.165, 1.54) is 18.2 Å². The number of hydrogen-bond acceptors (Lipinski definition) is 1. The highest BCUT2D eigenvalue weighted by Crippen LogP contribution is 2.37. The normalized spacial score (nSPS) is 22.2. The Labute approximate surface area is 121 Å². The third-order valence-electron chi connectivity index (χ3n) is 4.13. The zero-order valence-electron chi connectivity index (χ0n) is 11.5. The minimum atomic E-state index is -0.838. The maximum absolute atomic E-state index is 13.5. The van der Waals surface area contributed by atoms with E-state index in [2.05, 4.69) is 5.32 Å². The van der Waals surface area contributed by atoms with Crippen LogP contribution in [0.25, 0.3) is 0 Å². The lowest BCUT2D eigenvalue weighted by Gasteiger charge is -2.33. The quantitative estimate of drug-likeness (QED) is 0.883. The number of halogens is 3. The Balaban J connectivity index is 1.96. The highest BCUT2D eigenvalue weighted by atomic mass is 19.2. The van der Waals surface area contributed by atoms with E-state index in [0.717, 1.165) is 30.2 Å². The first-order valence-electron chi connectivity index (χ1n) is 7.06. The summed E-state index contributed by atoms with van der Waals surface area (Å²) in [6, 6.07) is 10.5. The molecule has 1 N–H and O–H groups in total. The maximum Gasteiger partial charge on any atom is 0.159 e. The monoisotopic (exact) mass is 291 g/mol. The molecule has 1 fully saturated rings. The van der Waals surface area contributed by atoms with E-state index in [4.69, 9.17) is 0 Å². The lowest BCUT2D eigenvalue weighted by molar-refractivity contribution is 0.400. The molecule has 2 unspecified atom stereocenters. The molecule has 1 aliphatic rings. The molecule has 1 saturated heterocycles. The summed E-state index contributed by atoms with van der Waals surface area (Å²) in [7, 11) is 0. The fourth-order valence-electron chi connectivity index (χ4n) is 3.09. The van der Waals surface area contributed by atoms with E-state index >= 15 is 0 Å². The van der Waals surface area contributed by atoms with Crippen molar-refractivity contribution in [3.63, 3.8) is 0 Å². The Kier molecular flexibility index (Phi) is 3.97. The molecule has 2 aromatic carbocycles. The van der Waals surface area contributed by atoms with Crippen molar-refractivity contribution in [3.05, 3.63) is 71.0 Å². The molecule has 1 aliphatic heterocycles. The Morgan fingerprint density at radius 3 is 2.43 bits per heavy atom. The SMILES string of the molecule is Fc1cccc(C2CNCCC2c2ccc(F)c(F)c2)c1. The van der Waals surface area contributed by atoms with Gasteiger partial charge < -0.3 is 5.32 Å². The standard InChI is InChI=1S/C17H16F3N/c18-13-3-1-2-11(8-13)15-10-21-7-6-14(15)12-4-5-16(19)17(20)9-12/h1-5,8-9,14-15,21H,6-7,10H2. The predicted octanol–water partition coefficient (Wildman–Crippen LogP) is 3.96. The van der Waals surface area contributed by atoms with Gasteiger partial charge >= 0.3 is 0 Å². The number of rotatable bonds is 2. The molecule has 0 aromatic heterocycles. The molecule has 0 radical (unpaired) electrons. The van der Waals surface area contributed by atoms with Gasteiger partial charge in [-0.2, -0.15) is 0 Å². The minimum absolute atomic E-state index is 0.0549. The summed E-state index contributed by atoms with van der Waals surface area (Å²) in [5.74, 6) is -1.83. The van der Waals surface area contributed by atoms with Crippen LogP contribution in [0.4, 0.5) is 13.2 Å². The molecule has 1 nitrogen and oxygen atoms in total. The van der Waals surface area contributed by atoms with E-state index in [9.17, 15) is 13.2 Å². The second kappa shape index (κ2) is 5.90. The molecule has 0 bridgehead atoms. The highest BCUT2D eigenvalue weighted by molar-refractivity contribution is 5.31. The highest BCUT2D eigenvalue weighted by Gasteiger charge is 2.28. The molecule has 0 amide bonds. The van der Waals surface area contributed by atoms with Crippen LogP contribution in [0.3, 0.4) is 0 Å². The molecule has 0 spiro atoms. The van der Waals surface area contributed by atoms with Gasteiger partial charge in [-0.25, -0.2) is 13.2 Å². The maximum atomic E-state index is 13.5. The summed E-state index contributed by atoms with van der Waals surface area (Å²) in [6.07, 6.45) is 0.812. The Bertz CT molecular complexity index is 642. The van der Waals surface area contributed by atoms with Gasteiger partial charge in [0.2, 0.25) is 0 Å². The number of hydrogen-bond donors (Lipinski definition) is 1. The summed E-state index contributed by atoms with van der Waals surface area (Å²) in [5.41, 5.74) is 1.65. The molecule has 0 saturated carbocycles. The average Bonchev–Trinajstić information content (AvgIpc) is 2.50. The number of benzene rings is 2. The topological polar surface area (TPSA) is 12.0 Å². The van der Waals surface area contributed by atoms with Gasteiger partial charge in [-0.3, -0.25) is 0 Å². The van der Waals surface area contributed by atoms with E-state index in [0.29, 0.717) is 6.54 Å².